The molecule has 1 aromatic carbocycles. The van der Waals surface area contributed by atoms with Crippen LogP contribution in [0.1, 0.15) is 77.7 Å². The number of fused-ring (bicyclic) bond motifs is 5. The molecule has 3 nitrogen and oxygen atoms in total. The summed E-state index contributed by atoms with van der Waals surface area (Å²) in [5.74, 6) is 1.17. The molecule has 184 valence electrons. The molecule has 4 aliphatic carbocycles. The number of alkyl halides is 3. The van der Waals surface area contributed by atoms with Crippen molar-refractivity contribution in [1.82, 2.24) is 0 Å². The Morgan fingerprint density at radius 2 is 1.74 bits per heavy atom. The van der Waals surface area contributed by atoms with Gasteiger partial charge in [-0.2, -0.15) is 13.2 Å². The van der Waals surface area contributed by atoms with Crippen LogP contribution in [0.2, 0.25) is 0 Å². The number of halogens is 3. The van der Waals surface area contributed by atoms with E-state index in [1.807, 2.05) is 6.92 Å². The summed E-state index contributed by atoms with van der Waals surface area (Å²) in [5.41, 5.74) is 1.26. The van der Waals surface area contributed by atoms with Gasteiger partial charge in [-0.1, -0.05) is 31.6 Å². The molecule has 5 rings (SSSR count). The number of amides is 1. The lowest BCUT2D eigenvalue weighted by Crippen LogP contribution is -2.51. The first-order chi connectivity index (χ1) is 16.0. The van der Waals surface area contributed by atoms with Gasteiger partial charge < -0.3 is 5.32 Å². The van der Waals surface area contributed by atoms with Crippen LogP contribution in [0.5, 0.6) is 0 Å². The van der Waals surface area contributed by atoms with E-state index in [9.17, 15) is 22.8 Å². The Morgan fingerprint density at radius 3 is 2.47 bits per heavy atom. The van der Waals surface area contributed by atoms with Crippen LogP contribution in [0.4, 0.5) is 18.9 Å². The molecule has 3 saturated carbocycles. The van der Waals surface area contributed by atoms with Crippen LogP contribution in [-0.4, -0.2) is 11.7 Å². The number of rotatable bonds is 2. The number of para-hydroxylation sites is 1. The van der Waals surface area contributed by atoms with Gasteiger partial charge >= 0.3 is 6.18 Å². The number of carbonyl (C=O) groups is 2. The molecule has 0 spiro atoms. The minimum Gasteiger partial charge on any atom is -0.325 e. The van der Waals surface area contributed by atoms with Crippen LogP contribution >= 0.6 is 0 Å². The average Bonchev–Trinajstić information content (AvgIpc) is 3.13. The summed E-state index contributed by atoms with van der Waals surface area (Å²) in [7, 11) is 0. The molecule has 34 heavy (non-hydrogen) atoms. The number of nitrogens with one attached hydrogen (secondary N) is 1. The molecular formula is C28H34F3NO2. The van der Waals surface area contributed by atoms with Crippen molar-refractivity contribution in [3.8, 4) is 0 Å². The predicted octanol–water partition coefficient (Wildman–Crippen LogP) is 7.18. The smallest absolute Gasteiger partial charge is 0.325 e. The van der Waals surface area contributed by atoms with Crippen molar-refractivity contribution < 1.29 is 22.8 Å². The standard InChI is InChI=1S/C28H34F3NO2/c1-16-18-9-8-17-19-10-11-22(25(34)32-23-7-5-4-6-21(23)28(29,30)31)27(19,3)14-12-20(17)26(18,2)15-13-24(16)33/h4-7,17,19-20,22H,8-15H2,1-3H3,(H,32,34)/t17?,19?,20?,22-,26+,27+/m1/s1. The van der Waals surface area contributed by atoms with Crippen molar-refractivity contribution in [1.29, 1.82) is 0 Å². The summed E-state index contributed by atoms with van der Waals surface area (Å²) in [5, 5.41) is 2.65. The Balaban J connectivity index is 1.39. The highest BCUT2D eigenvalue weighted by Crippen LogP contribution is 2.67. The first-order valence-corrected chi connectivity index (χ1v) is 12.7. The van der Waals surface area contributed by atoms with E-state index in [2.05, 4.69) is 19.2 Å². The monoisotopic (exact) mass is 473 g/mol. The van der Waals surface area contributed by atoms with Gasteiger partial charge in [-0.05, 0) is 98.2 Å². The lowest BCUT2D eigenvalue weighted by molar-refractivity contribution is -0.137. The highest BCUT2D eigenvalue weighted by Gasteiger charge is 2.60. The normalized spacial score (nSPS) is 37.6. The summed E-state index contributed by atoms with van der Waals surface area (Å²) in [6.07, 6.45) is 2.64. The zero-order valence-electron chi connectivity index (χ0n) is 20.2. The molecule has 0 bridgehead atoms. The van der Waals surface area contributed by atoms with E-state index in [1.165, 1.54) is 23.8 Å². The third-order valence-electron chi connectivity index (χ3n) is 10.2. The number of hydrogen-bond donors (Lipinski definition) is 1. The number of anilines is 1. The van der Waals surface area contributed by atoms with E-state index >= 15 is 0 Å². The van der Waals surface area contributed by atoms with Crippen molar-refractivity contribution in [2.75, 3.05) is 5.32 Å². The van der Waals surface area contributed by atoms with Gasteiger partial charge in [0.1, 0.15) is 0 Å². The van der Waals surface area contributed by atoms with E-state index in [1.54, 1.807) is 0 Å². The Morgan fingerprint density at radius 1 is 1.00 bits per heavy atom. The first kappa shape index (κ1) is 23.6. The average molecular weight is 474 g/mol. The van der Waals surface area contributed by atoms with Gasteiger partial charge in [0.15, 0.2) is 5.78 Å². The lowest BCUT2D eigenvalue weighted by Gasteiger charge is -2.58. The third-order valence-corrected chi connectivity index (χ3v) is 10.2. The number of ketones is 1. The van der Waals surface area contributed by atoms with Gasteiger partial charge in [0, 0.05) is 12.3 Å². The molecule has 6 heteroatoms. The zero-order chi connectivity index (χ0) is 24.5. The molecule has 4 aliphatic rings. The van der Waals surface area contributed by atoms with Crippen molar-refractivity contribution in [2.45, 2.75) is 78.3 Å². The Labute approximate surface area is 199 Å². The Kier molecular flexibility index (Phi) is 5.53. The molecular weight excluding hydrogens is 439 g/mol. The van der Waals surface area contributed by atoms with Gasteiger partial charge in [-0.3, -0.25) is 9.59 Å². The van der Waals surface area contributed by atoms with Crippen LogP contribution in [0.25, 0.3) is 0 Å². The number of Topliss-reactive ketones (excluding diaryl/α,β-unsaturated/α-hetero) is 1. The molecule has 1 N–H and O–H groups in total. The fraction of sp³-hybridized carbons (Fsp3) is 0.643. The number of benzene rings is 1. The molecule has 0 heterocycles. The van der Waals surface area contributed by atoms with Crippen molar-refractivity contribution >= 4 is 17.4 Å². The van der Waals surface area contributed by atoms with Crippen LogP contribution in [-0.2, 0) is 15.8 Å². The van der Waals surface area contributed by atoms with Crippen molar-refractivity contribution in [3.05, 3.63) is 41.0 Å². The number of allylic oxidation sites excluding steroid dienone is 1. The minimum absolute atomic E-state index is 0.0637. The number of hydrogen-bond acceptors (Lipinski definition) is 2. The molecule has 1 amide bonds. The molecule has 0 aliphatic heterocycles. The van der Waals surface area contributed by atoms with Gasteiger partial charge in [0.05, 0.1) is 11.3 Å². The second-order valence-corrected chi connectivity index (χ2v) is 11.6. The van der Waals surface area contributed by atoms with Crippen LogP contribution in [0, 0.1) is 34.5 Å². The van der Waals surface area contributed by atoms with Crippen molar-refractivity contribution in [3.63, 3.8) is 0 Å². The van der Waals surface area contributed by atoms with Crippen LogP contribution in [0.15, 0.2) is 35.4 Å². The lowest BCUT2D eigenvalue weighted by atomic mass is 9.46. The largest absolute Gasteiger partial charge is 0.418 e. The maximum Gasteiger partial charge on any atom is 0.418 e. The highest BCUT2D eigenvalue weighted by molar-refractivity contribution is 5.97. The molecule has 0 radical (unpaired) electrons. The van der Waals surface area contributed by atoms with Gasteiger partial charge in [-0.15, -0.1) is 0 Å². The summed E-state index contributed by atoms with van der Waals surface area (Å²) in [6, 6.07) is 5.24. The highest BCUT2D eigenvalue weighted by atomic mass is 19.4. The quantitative estimate of drug-likeness (QED) is 0.494. The second kappa shape index (κ2) is 7.96. The molecule has 0 aromatic heterocycles. The van der Waals surface area contributed by atoms with Crippen LogP contribution < -0.4 is 5.32 Å². The Hall–Kier alpha value is -2.11. The molecule has 3 unspecified atom stereocenters. The van der Waals surface area contributed by atoms with Gasteiger partial charge in [-0.25, -0.2) is 0 Å². The fourth-order valence-corrected chi connectivity index (χ4v) is 8.47. The summed E-state index contributed by atoms with van der Waals surface area (Å²) >= 11 is 0. The Bertz CT molecular complexity index is 1060. The van der Waals surface area contributed by atoms with E-state index in [0.29, 0.717) is 30.0 Å². The summed E-state index contributed by atoms with van der Waals surface area (Å²) in [4.78, 5) is 25.7. The van der Waals surface area contributed by atoms with E-state index in [-0.39, 0.29) is 28.3 Å². The minimum atomic E-state index is -4.51. The molecule has 3 fully saturated rings. The molecule has 6 atom stereocenters. The van der Waals surface area contributed by atoms with E-state index in [4.69, 9.17) is 0 Å². The summed E-state index contributed by atoms with van der Waals surface area (Å²) < 4.78 is 40.4. The molecule has 0 saturated heterocycles. The third kappa shape index (κ3) is 3.46. The van der Waals surface area contributed by atoms with Gasteiger partial charge in [0.2, 0.25) is 5.91 Å². The maximum absolute atomic E-state index is 13.5. The predicted molar refractivity (Wildman–Crippen MR) is 125 cm³/mol. The fourth-order valence-electron chi connectivity index (χ4n) is 8.47. The van der Waals surface area contributed by atoms with Gasteiger partial charge in [0.25, 0.3) is 0 Å². The summed E-state index contributed by atoms with van der Waals surface area (Å²) in [6.45, 7) is 6.55. The topological polar surface area (TPSA) is 46.2 Å². The maximum atomic E-state index is 13.5. The second-order valence-electron chi connectivity index (χ2n) is 11.6. The SMILES string of the molecule is CC1=C2CCC3C(CC[C@@]4(C)C3CC[C@@H]4C(=O)Nc3ccccc3C(F)(F)F)[C@@]2(C)CCC1=O. The van der Waals surface area contributed by atoms with E-state index in [0.717, 1.165) is 56.6 Å². The number of carbonyl (C=O) groups excluding carboxylic acids is 2. The first-order valence-electron chi connectivity index (χ1n) is 12.7. The van der Waals surface area contributed by atoms with E-state index < -0.39 is 11.7 Å². The van der Waals surface area contributed by atoms with Crippen LogP contribution in [0.3, 0.4) is 0 Å². The zero-order valence-corrected chi connectivity index (χ0v) is 20.2. The molecule has 1 aromatic rings. The van der Waals surface area contributed by atoms with Crippen molar-refractivity contribution in [2.24, 2.45) is 34.5 Å².